The molecular weight excluding hydrogens is 451 g/mol. The lowest BCUT2D eigenvalue weighted by Crippen LogP contribution is -2.25. The van der Waals surface area contributed by atoms with Crippen LogP contribution in [-0.2, 0) is 14.3 Å². The molecule has 0 bridgehead atoms. The number of anilines is 1. The number of nitrogens with one attached hydrogen (secondary N) is 2. The Hall–Kier alpha value is -4.34. The topological polar surface area (TPSA) is 93.3 Å². The van der Waals surface area contributed by atoms with Crippen LogP contribution in [0.1, 0.15) is 18.6 Å². The molecule has 4 rings (SSSR count). The number of carbonyl (C=O) groups is 2. The van der Waals surface area contributed by atoms with Gasteiger partial charge in [-0.05, 0) is 35.4 Å². The second-order valence-corrected chi connectivity index (χ2v) is 7.30. The third kappa shape index (κ3) is 5.34. The number of hydrogen-bond donors (Lipinski definition) is 2. The van der Waals surface area contributed by atoms with Crippen molar-refractivity contribution in [1.29, 1.82) is 0 Å². The van der Waals surface area contributed by atoms with Gasteiger partial charge in [-0.1, -0.05) is 48.5 Å². The lowest BCUT2D eigenvalue weighted by atomic mass is 10.0. The molecule has 0 spiro atoms. The summed E-state index contributed by atoms with van der Waals surface area (Å²) in [6.45, 7) is 1.21. The van der Waals surface area contributed by atoms with E-state index < -0.39 is 24.3 Å². The third-order valence-electron chi connectivity index (χ3n) is 4.83. The van der Waals surface area contributed by atoms with Crippen molar-refractivity contribution in [2.24, 2.45) is 0 Å². The molecule has 7 nitrogen and oxygen atoms in total. The number of halogens is 3. The zero-order valence-electron chi connectivity index (χ0n) is 17.7. The van der Waals surface area contributed by atoms with Crippen LogP contribution in [0, 0.1) is 0 Å². The standard InChI is InChI=1S/C24H18F3N3O4/c1-14(31)33-21(15-6-3-2-4-7-15)23(32)28-22-19-11-10-17(13-20(19)29-30-22)16-8-5-9-18(12-16)34-24(25,26)27/h2-13,21H,1H3,(H2,28,29,30,32). The third-order valence-corrected chi connectivity index (χ3v) is 4.83. The molecule has 0 saturated heterocycles. The summed E-state index contributed by atoms with van der Waals surface area (Å²) in [7, 11) is 0. The lowest BCUT2D eigenvalue weighted by Gasteiger charge is -2.16. The van der Waals surface area contributed by atoms with Crippen molar-refractivity contribution < 1.29 is 32.2 Å². The first-order valence-electron chi connectivity index (χ1n) is 10.1. The van der Waals surface area contributed by atoms with Crippen LogP contribution in [0.4, 0.5) is 19.0 Å². The summed E-state index contributed by atoms with van der Waals surface area (Å²) in [5.74, 6) is -1.32. The fourth-order valence-corrected chi connectivity index (χ4v) is 3.42. The van der Waals surface area contributed by atoms with Crippen molar-refractivity contribution in [3.8, 4) is 16.9 Å². The highest BCUT2D eigenvalue weighted by Crippen LogP contribution is 2.31. The van der Waals surface area contributed by atoms with E-state index in [1.165, 1.54) is 25.1 Å². The minimum Gasteiger partial charge on any atom is -0.447 e. The molecule has 3 aromatic carbocycles. The molecule has 1 atom stereocenters. The summed E-state index contributed by atoms with van der Waals surface area (Å²) in [5, 5.41) is 10.1. The number of hydrogen-bond acceptors (Lipinski definition) is 5. The Morgan fingerprint density at radius 1 is 0.971 bits per heavy atom. The van der Waals surface area contributed by atoms with Crippen LogP contribution in [-0.4, -0.2) is 28.4 Å². The fourth-order valence-electron chi connectivity index (χ4n) is 3.42. The van der Waals surface area contributed by atoms with E-state index in [1.807, 2.05) is 0 Å². The number of nitrogens with zero attached hydrogens (tertiary/aromatic N) is 1. The van der Waals surface area contributed by atoms with Crippen LogP contribution in [0.25, 0.3) is 22.0 Å². The Bertz CT molecular complexity index is 1340. The fraction of sp³-hybridized carbons (Fsp3) is 0.125. The summed E-state index contributed by atoms with van der Waals surface area (Å²) in [4.78, 5) is 24.4. The van der Waals surface area contributed by atoms with Crippen LogP contribution in [0.15, 0.2) is 72.8 Å². The molecule has 0 radical (unpaired) electrons. The van der Waals surface area contributed by atoms with E-state index >= 15 is 0 Å². The molecule has 10 heteroatoms. The maximum Gasteiger partial charge on any atom is 0.573 e. The van der Waals surface area contributed by atoms with Gasteiger partial charge < -0.3 is 14.8 Å². The van der Waals surface area contributed by atoms with Crippen LogP contribution < -0.4 is 10.1 Å². The number of alkyl halides is 3. The van der Waals surface area contributed by atoms with E-state index in [0.29, 0.717) is 27.6 Å². The van der Waals surface area contributed by atoms with Gasteiger partial charge in [0, 0.05) is 17.9 Å². The summed E-state index contributed by atoms with van der Waals surface area (Å²) in [6.07, 6.45) is -5.95. The molecule has 0 aliphatic rings. The minimum atomic E-state index is -4.79. The number of benzene rings is 3. The van der Waals surface area contributed by atoms with Gasteiger partial charge in [-0.2, -0.15) is 5.10 Å². The number of aromatic amines is 1. The predicted octanol–water partition coefficient (Wildman–Crippen LogP) is 5.37. The maximum absolute atomic E-state index is 12.9. The first kappa shape index (κ1) is 22.8. The van der Waals surface area contributed by atoms with E-state index in [-0.39, 0.29) is 11.6 Å². The average Bonchev–Trinajstić information content (AvgIpc) is 3.19. The van der Waals surface area contributed by atoms with Crippen molar-refractivity contribution in [2.75, 3.05) is 5.32 Å². The van der Waals surface area contributed by atoms with E-state index in [2.05, 4.69) is 20.3 Å². The zero-order valence-corrected chi connectivity index (χ0v) is 17.7. The summed E-state index contributed by atoms with van der Waals surface area (Å²) in [5.41, 5.74) is 2.16. The van der Waals surface area contributed by atoms with E-state index in [0.717, 1.165) is 0 Å². The van der Waals surface area contributed by atoms with Gasteiger partial charge in [0.05, 0.1) is 5.52 Å². The maximum atomic E-state index is 12.9. The van der Waals surface area contributed by atoms with Crippen molar-refractivity contribution in [3.05, 3.63) is 78.4 Å². The van der Waals surface area contributed by atoms with Gasteiger partial charge in [-0.25, -0.2) is 0 Å². The molecule has 1 aromatic heterocycles. The van der Waals surface area contributed by atoms with Crippen molar-refractivity contribution in [3.63, 3.8) is 0 Å². The average molecular weight is 469 g/mol. The molecule has 174 valence electrons. The van der Waals surface area contributed by atoms with Crippen LogP contribution >= 0.6 is 0 Å². The molecule has 2 N–H and O–H groups in total. The van der Waals surface area contributed by atoms with E-state index in [1.54, 1.807) is 54.6 Å². The van der Waals surface area contributed by atoms with Crippen LogP contribution in [0.3, 0.4) is 0 Å². The van der Waals surface area contributed by atoms with Crippen molar-refractivity contribution in [2.45, 2.75) is 19.4 Å². The summed E-state index contributed by atoms with van der Waals surface area (Å²) >= 11 is 0. The Morgan fingerprint density at radius 3 is 2.41 bits per heavy atom. The molecular formula is C24H18F3N3O4. The molecule has 0 aliphatic carbocycles. The van der Waals surface area contributed by atoms with Gasteiger partial charge in [-0.15, -0.1) is 13.2 Å². The van der Waals surface area contributed by atoms with Crippen LogP contribution in [0.2, 0.25) is 0 Å². The monoisotopic (exact) mass is 469 g/mol. The predicted molar refractivity (Wildman–Crippen MR) is 118 cm³/mol. The molecule has 1 heterocycles. The zero-order chi connectivity index (χ0) is 24.3. The number of carbonyl (C=O) groups excluding carboxylic acids is 2. The number of ether oxygens (including phenoxy) is 2. The van der Waals surface area contributed by atoms with Crippen LogP contribution in [0.5, 0.6) is 5.75 Å². The number of rotatable bonds is 6. The van der Waals surface area contributed by atoms with Gasteiger partial charge in [0.1, 0.15) is 5.75 Å². The van der Waals surface area contributed by atoms with Gasteiger partial charge in [0.15, 0.2) is 5.82 Å². The van der Waals surface area contributed by atoms with Crippen molar-refractivity contribution in [1.82, 2.24) is 10.2 Å². The van der Waals surface area contributed by atoms with Gasteiger partial charge in [0.2, 0.25) is 6.10 Å². The quantitative estimate of drug-likeness (QED) is 0.370. The van der Waals surface area contributed by atoms with Crippen molar-refractivity contribution >= 4 is 28.6 Å². The largest absolute Gasteiger partial charge is 0.573 e. The molecule has 34 heavy (non-hydrogen) atoms. The van der Waals surface area contributed by atoms with Gasteiger partial charge in [-0.3, -0.25) is 14.7 Å². The molecule has 1 amide bonds. The number of aromatic nitrogens is 2. The number of H-pyrrole nitrogens is 1. The second kappa shape index (κ2) is 9.26. The summed E-state index contributed by atoms with van der Waals surface area (Å²) in [6, 6.07) is 19.2. The van der Waals surface area contributed by atoms with E-state index in [9.17, 15) is 22.8 Å². The summed E-state index contributed by atoms with van der Waals surface area (Å²) < 4.78 is 46.8. The lowest BCUT2D eigenvalue weighted by molar-refractivity contribution is -0.274. The minimum absolute atomic E-state index is 0.216. The number of esters is 1. The highest BCUT2D eigenvalue weighted by atomic mass is 19.4. The number of amides is 1. The Kier molecular flexibility index (Phi) is 6.22. The van der Waals surface area contributed by atoms with Gasteiger partial charge >= 0.3 is 12.3 Å². The molecule has 1 unspecified atom stereocenters. The first-order chi connectivity index (χ1) is 16.2. The van der Waals surface area contributed by atoms with Gasteiger partial charge in [0.25, 0.3) is 5.91 Å². The highest BCUT2D eigenvalue weighted by Gasteiger charge is 2.31. The second-order valence-electron chi connectivity index (χ2n) is 7.30. The first-order valence-corrected chi connectivity index (χ1v) is 10.1. The SMILES string of the molecule is CC(=O)OC(C(=O)Nc1n[nH]c2cc(-c3cccc(OC(F)(F)F)c3)ccc12)c1ccccc1. The Morgan fingerprint density at radius 2 is 1.71 bits per heavy atom. The highest BCUT2D eigenvalue weighted by molar-refractivity contribution is 6.02. The molecule has 0 saturated carbocycles. The molecule has 0 aliphatic heterocycles. The number of fused-ring (bicyclic) bond motifs is 1. The molecule has 4 aromatic rings. The van der Waals surface area contributed by atoms with E-state index in [4.69, 9.17) is 4.74 Å². The smallest absolute Gasteiger partial charge is 0.447 e. The normalized spacial score (nSPS) is 12.2. The Labute approximate surface area is 191 Å². The Balaban J connectivity index is 1.58. The molecule has 0 fully saturated rings.